The van der Waals surface area contributed by atoms with Gasteiger partial charge in [0.2, 0.25) is 0 Å². The van der Waals surface area contributed by atoms with Crippen molar-refractivity contribution in [3.05, 3.63) is 48.0 Å². The van der Waals surface area contributed by atoms with E-state index in [1.54, 1.807) is 24.3 Å². The van der Waals surface area contributed by atoms with Crippen LogP contribution in [0.25, 0.3) is 11.1 Å². The van der Waals surface area contributed by atoms with Gasteiger partial charge in [0.05, 0.1) is 0 Å². The summed E-state index contributed by atoms with van der Waals surface area (Å²) in [6.07, 6.45) is 0. The van der Waals surface area contributed by atoms with E-state index in [2.05, 4.69) is 0 Å². The van der Waals surface area contributed by atoms with E-state index in [0.717, 1.165) is 5.56 Å². The second kappa shape index (κ2) is 4.34. The van der Waals surface area contributed by atoms with Gasteiger partial charge in [-0.15, -0.1) is 0 Å². The van der Waals surface area contributed by atoms with Gasteiger partial charge in [-0.05, 0) is 24.1 Å². The molecule has 0 unspecified atom stereocenters. The molecule has 5 heteroatoms. The van der Waals surface area contributed by atoms with Crippen molar-refractivity contribution in [3.63, 3.8) is 0 Å². The topological polar surface area (TPSA) is 87.1 Å². The fourth-order valence-electron chi connectivity index (χ4n) is 2.39. The molecule has 3 rings (SSSR count). The lowest BCUT2D eigenvalue weighted by Crippen LogP contribution is -2.41. The molecule has 2 aromatic rings. The molecule has 0 bridgehead atoms. The Kier molecular flexibility index (Phi) is 2.73. The molecule has 21 heavy (non-hydrogen) atoms. The van der Waals surface area contributed by atoms with Crippen molar-refractivity contribution in [1.29, 1.82) is 0 Å². The first-order valence-electron chi connectivity index (χ1n) is 6.34. The zero-order chi connectivity index (χ0) is 15.2. The van der Waals surface area contributed by atoms with Crippen LogP contribution in [0.5, 0.6) is 11.5 Å². The number of rotatable bonds is 4. The molecule has 2 N–H and O–H groups in total. The van der Waals surface area contributed by atoms with E-state index < -0.39 is 17.4 Å². The normalized spacial score (nSPS) is 12.2. The third kappa shape index (κ3) is 1.86. The highest BCUT2D eigenvalue weighted by molar-refractivity contribution is 6.07. The molecule has 0 aliphatic carbocycles. The maximum absolute atomic E-state index is 11.6. The summed E-state index contributed by atoms with van der Waals surface area (Å²) in [5.41, 5.74) is -0.572. The van der Waals surface area contributed by atoms with Crippen LogP contribution in [0, 0.1) is 0 Å². The molecule has 1 aliphatic rings. The molecule has 0 fully saturated rings. The van der Waals surface area contributed by atoms with Crippen LogP contribution in [0.1, 0.15) is 12.5 Å². The summed E-state index contributed by atoms with van der Waals surface area (Å²) in [5, 5.41) is 18.9. The quantitative estimate of drug-likeness (QED) is 0.568. The molecule has 1 heterocycles. The van der Waals surface area contributed by atoms with Gasteiger partial charge in [-0.25, -0.2) is 0 Å². The second-order valence-corrected chi connectivity index (χ2v) is 5.02. The zero-order valence-corrected chi connectivity index (χ0v) is 11.2. The number of fused-ring (bicyclic) bond motifs is 1. The fraction of sp³-hybridized carbons (Fsp3) is 0.125. The fourth-order valence-corrected chi connectivity index (χ4v) is 2.39. The van der Waals surface area contributed by atoms with Crippen molar-refractivity contribution >= 4 is 11.9 Å². The smallest absolute Gasteiger partial charge is 0.325 e. The van der Waals surface area contributed by atoms with Gasteiger partial charge < -0.3 is 14.9 Å². The first-order valence-corrected chi connectivity index (χ1v) is 6.34. The highest BCUT2D eigenvalue weighted by Crippen LogP contribution is 2.55. The Hall–Kier alpha value is -2.82. The Morgan fingerprint density at radius 1 is 1.00 bits per heavy atom. The summed E-state index contributed by atoms with van der Waals surface area (Å²) in [4.78, 5) is 23.2. The number of hydrogen-bond donors (Lipinski definition) is 2. The summed E-state index contributed by atoms with van der Waals surface area (Å²) in [6, 6.07) is 12.5. The summed E-state index contributed by atoms with van der Waals surface area (Å²) in [6.45, 7) is 1.18. The van der Waals surface area contributed by atoms with Gasteiger partial charge in [0, 0.05) is 5.56 Å². The molecule has 0 atom stereocenters. The van der Waals surface area contributed by atoms with E-state index in [-0.39, 0.29) is 5.56 Å². The Morgan fingerprint density at radius 2 is 1.62 bits per heavy atom. The minimum absolute atomic E-state index is 0.186. The van der Waals surface area contributed by atoms with Crippen molar-refractivity contribution in [1.82, 2.24) is 0 Å². The maximum Gasteiger partial charge on any atom is 0.325 e. The van der Waals surface area contributed by atoms with E-state index in [1.807, 2.05) is 18.2 Å². The maximum atomic E-state index is 11.6. The molecule has 1 aliphatic heterocycles. The van der Waals surface area contributed by atoms with Crippen molar-refractivity contribution in [2.24, 2.45) is 0 Å². The molecule has 2 aromatic carbocycles. The Bertz CT molecular complexity index is 735. The Balaban J connectivity index is 2.29. The number of benzene rings is 2. The monoisotopic (exact) mass is 284 g/mol. The van der Waals surface area contributed by atoms with E-state index in [0.29, 0.717) is 17.1 Å². The average Bonchev–Trinajstić information content (AvgIpc) is 3.25. The largest absolute Gasteiger partial charge is 0.480 e. The predicted molar refractivity (Wildman–Crippen MR) is 74.6 cm³/mol. The minimum atomic E-state index is -2.06. The van der Waals surface area contributed by atoms with E-state index >= 15 is 0 Å². The van der Waals surface area contributed by atoms with Gasteiger partial charge in [-0.2, -0.15) is 0 Å². The number of hydrogen-bond acceptors (Lipinski definition) is 3. The highest BCUT2D eigenvalue weighted by atomic mass is 16.6. The zero-order valence-electron chi connectivity index (χ0n) is 11.2. The molecular formula is C16H12O5. The lowest BCUT2D eigenvalue weighted by molar-refractivity contribution is -0.156. The van der Waals surface area contributed by atoms with Crippen molar-refractivity contribution in [2.45, 2.75) is 12.3 Å². The molecule has 0 radical (unpaired) electrons. The Labute approximate surface area is 120 Å². The molecule has 0 spiro atoms. The van der Waals surface area contributed by atoms with Gasteiger partial charge in [0.1, 0.15) is 0 Å². The second-order valence-electron chi connectivity index (χ2n) is 5.02. The minimum Gasteiger partial charge on any atom is -0.480 e. The summed E-state index contributed by atoms with van der Waals surface area (Å²) in [5.74, 6) is -1.96. The van der Waals surface area contributed by atoms with Gasteiger partial charge in [0.15, 0.2) is 16.9 Å². The SMILES string of the molecule is CC(C(=O)O)(C(=O)O)c1c(-c2ccccc2)ccc2c1O2. The summed E-state index contributed by atoms with van der Waals surface area (Å²) >= 11 is 0. The number of ether oxygens (including phenoxy) is 1. The van der Waals surface area contributed by atoms with Crippen molar-refractivity contribution < 1.29 is 24.5 Å². The first-order chi connectivity index (χ1) is 9.96. The van der Waals surface area contributed by atoms with Gasteiger partial charge in [0.25, 0.3) is 0 Å². The predicted octanol–water partition coefficient (Wildman–Crippen LogP) is 2.89. The molecular weight excluding hydrogens is 272 g/mol. The van der Waals surface area contributed by atoms with Crippen molar-refractivity contribution in [3.8, 4) is 22.6 Å². The van der Waals surface area contributed by atoms with Crippen LogP contribution in [-0.2, 0) is 15.0 Å². The van der Waals surface area contributed by atoms with E-state index in [9.17, 15) is 19.8 Å². The van der Waals surface area contributed by atoms with Crippen LogP contribution in [0.15, 0.2) is 42.5 Å². The summed E-state index contributed by atoms with van der Waals surface area (Å²) in [7, 11) is 0. The van der Waals surface area contributed by atoms with E-state index in [4.69, 9.17) is 4.74 Å². The molecule has 0 amide bonds. The van der Waals surface area contributed by atoms with Gasteiger partial charge in [-0.1, -0.05) is 36.4 Å². The average molecular weight is 284 g/mol. The summed E-state index contributed by atoms with van der Waals surface area (Å²) < 4.78 is 5.25. The number of carboxylic acids is 2. The molecule has 106 valence electrons. The molecule has 0 saturated heterocycles. The molecule has 0 aromatic heterocycles. The van der Waals surface area contributed by atoms with Gasteiger partial charge >= 0.3 is 11.9 Å². The lowest BCUT2D eigenvalue weighted by atomic mass is 9.78. The third-order valence-electron chi connectivity index (χ3n) is 3.73. The van der Waals surface area contributed by atoms with Crippen LogP contribution in [-0.4, -0.2) is 22.2 Å². The standard InChI is InChI=1S/C16H12O5/c1-16(14(17)18,15(19)20)12-10(7-8-11-13(12)21-11)9-5-3-2-4-6-9/h2-8H,1H3,(H,17,18)(H,19,20). The first kappa shape index (κ1) is 13.2. The van der Waals surface area contributed by atoms with Crippen molar-refractivity contribution in [2.75, 3.05) is 0 Å². The van der Waals surface area contributed by atoms with Gasteiger partial charge in [-0.3, -0.25) is 9.59 Å². The van der Waals surface area contributed by atoms with Crippen LogP contribution in [0.4, 0.5) is 0 Å². The number of aliphatic carboxylic acids is 2. The lowest BCUT2D eigenvalue weighted by Gasteiger charge is -2.22. The van der Waals surface area contributed by atoms with Crippen LogP contribution < -0.4 is 4.74 Å². The molecule has 5 nitrogen and oxygen atoms in total. The number of carbonyl (C=O) groups is 2. The van der Waals surface area contributed by atoms with E-state index in [1.165, 1.54) is 6.92 Å². The van der Waals surface area contributed by atoms with Crippen LogP contribution in [0.2, 0.25) is 0 Å². The third-order valence-corrected chi connectivity index (χ3v) is 3.73. The van der Waals surface area contributed by atoms with Crippen LogP contribution in [0.3, 0.4) is 0 Å². The number of carboxylic acid groups (broad SMARTS) is 2. The Morgan fingerprint density at radius 3 is 2.19 bits per heavy atom. The van der Waals surface area contributed by atoms with Crippen LogP contribution >= 0.6 is 0 Å². The highest BCUT2D eigenvalue weighted by Gasteiger charge is 2.50. The molecule has 0 saturated carbocycles.